The molecule has 1 atom stereocenters. The summed E-state index contributed by atoms with van der Waals surface area (Å²) in [4.78, 5) is 21.8. The molecule has 0 aliphatic rings. The minimum atomic E-state index is -1.29. The van der Waals surface area contributed by atoms with Crippen LogP contribution in [0.15, 0.2) is 12.3 Å². The second-order valence-corrected chi connectivity index (χ2v) is 3.70. The van der Waals surface area contributed by atoms with Crippen LogP contribution in [0.2, 0.25) is 0 Å². The lowest BCUT2D eigenvalue weighted by molar-refractivity contribution is -0.140. The van der Waals surface area contributed by atoms with Crippen LogP contribution >= 0.6 is 0 Å². The Morgan fingerprint density at radius 3 is 2.78 bits per heavy atom. The molecule has 1 unspecified atom stereocenters. The second kappa shape index (κ2) is 6.60. The van der Waals surface area contributed by atoms with E-state index in [0.717, 1.165) is 5.69 Å². The van der Waals surface area contributed by atoms with Crippen molar-refractivity contribution in [3.8, 4) is 0 Å². The van der Waals surface area contributed by atoms with Crippen molar-refractivity contribution in [2.75, 3.05) is 13.2 Å². The predicted molar refractivity (Wildman–Crippen MR) is 62.0 cm³/mol. The molecule has 0 spiro atoms. The molecule has 1 aromatic heterocycles. The van der Waals surface area contributed by atoms with E-state index in [2.05, 4.69) is 15.7 Å². The highest BCUT2D eigenvalue weighted by atomic mass is 16.4. The average molecular weight is 256 g/mol. The number of aryl methyl sites for hydroxylation is 1. The predicted octanol–water partition coefficient (Wildman–Crippen LogP) is -1.29. The summed E-state index contributed by atoms with van der Waals surface area (Å²) in [7, 11) is 1.79. The largest absolute Gasteiger partial charge is 0.480 e. The van der Waals surface area contributed by atoms with E-state index in [1.807, 2.05) is 6.07 Å². The standard InChI is InChI=1S/C10H16N4O4/c1-14-5-3-7(13-14)2-4-11-10(18)12-8(6-15)9(16)17/h3,5,8,15H,2,4,6H2,1H3,(H,16,17)(H2,11,12,18). The molecule has 4 N–H and O–H groups in total. The van der Waals surface area contributed by atoms with E-state index < -0.39 is 24.6 Å². The van der Waals surface area contributed by atoms with E-state index in [4.69, 9.17) is 10.2 Å². The Morgan fingerprint density at radius 2 is 2.28 bits per heavy atom. The Labute approximate surface area is 104 Å². The Hall–Kier alpha value is -2.09. The summed E-state index contributed by atoms with van der Waals surface area (Å²) in [5.74, 6) is -1.28. The normalized spacial score (nSPS) is 11.9. The summed E-state index contributed by atoms with van der Waals surface area (Å²) in [5.41, 5.74) is 0.828. The third kappa shape index (κ3) is 4.42. The van der Waals surface area contributed by atoms with Crippen LogP contribution in [-0.4, -0.2) is 51.2 Å². The number of amides is 2. The number of carboxylic acid groups (broad SMARTS) is 1. The minimum absolute atomic E-state index is 0.334. The van der Waals surface area contributed by atoms with Gasteiger partial charge in [0.25, 0.3) is 0 Å². The van der Waals surface area contributed by atoms with Crippen LogP contribution < -0.4 is 10.6 Å². The van der Waals surface area contributed by atoms with Crippen molar-refractivity contribution >= 4 is 12.0 Å². The number of rotatable bonds is 6. The molecule has 0 fully saturated rings. The van der Waals surface area contributed by atoms with Gasteiger partial charge >= 0.3 is 12.0 Å². The fourth-order valence-corrected chi connectivity index (χ4v) is 1.30. The van der Waals surface area contributed by atoms with Gasteiger partial charge < -0.3 is 20.8 Å². The zero-order valence-electron chi connectivity index (χ0n) is 9.96. The van der Waals surface area contributed by atoms with E-state index in [1.165, 1.54) is 0 Å². The van der Waals surface area contributed by atoms with E-state index in [1.54, 1.807) is 17.9 Å². The van der Waals surface area contributed by atoms with Crippen molar-refractivity contribution in [1.82, 2.24) is 20.4 Å². The van der Waals surface area contributed by atoms with Gasteiger partial charge in [-0.05, 0) is 6.07 Å². The van der Waals surface area contributed by atoms with Gasteiger partial charge in [-0.1, -0.05) is 0 Å². The molecule has 1 heterocycles. The smallest absolute Gasteiger partial charge is 0.328 e. The summed E-state index contributed by atoms with van der Waals surface area (Å²) < 4.78 is 1.65. The maximum absolute atomic E-state index is 11.3. The lowest BCUT2D eigenvalue weighted by atomic mass is 10.3. The van der Waals surface area contributed by atoms with E-state index in [9.17, 15) is 9.59 Å². The number of carbonyl (C=O) groups excluding carboxylic acids is 1. The first kappa shape index (κ1) is 14.0. The van der Waals surface area contributed by atoms with Crippen LogP contribution in [0, 0.1) is 0 Å². The fraction of sp³-hybridized carbons (Fsp3) is 0.500. The van der Waals surface area contributed by atoms with Crippen molar-refractivity contribution in [2.45, 2.75) is 12.5 Å². The maximum atomic E-state index is 11.3. The van der Waals surface area contributed by atoms with Gasteiger partial charge in [-0.2, -0.15) is 5.10 Å². The lowest BCUT2D eigenvalue weighted by Gasteiger charge is -2.12. The molecule has 8 nitrogen and oxygen atoms in total. The first-order valence-corrected chi connectivity index (χ1v) is 5.39. The first-order valence-electron chi connectivity index (χ1n) is 5.39. The molecule has 0 aliphatic heterocycles. The van der Waals surface area contributed by atoms with Gasteiger partial charge in [0.15, 0.2) is 6.04 Å². The Bertz CT molecular complexity index is 418. The Morgan fingerprint density at radius 1 is 1.56 bits per heavy atom. The molecule has 0 radical (unpaired) electrons. The van der Waals surface area contributed by atoms with E-state index in [-0.39, 0.29) is 0 Å². The van der Waals surface area contributed by atoms with Crippen LogP contribution in [0.1, 0.15) is 5.69 Å². The van der Waals surface area contributed by atoms with E-state index >= 15 is 0 Å². The van der Waals surface area contributed by atoms with Gasteiger partial charge in [0.2, 0.25) is 0 Å². The van der Waals surface area contributed by atoms with Crippen LogP contribution in [0.3, 0.4) is 0 Å². The van der Waals surface area contributed by atoms with Crippen LogP contribution in [0.5, 0.6) is 0 Å². The molecule has 1 aromatic rings. The summed E-state index contributed by atoms with van der Waals surface area (Å²) in [6.07, 6.45) is 2.34. The van der Waals surface area contributed by atoms with Gasteiger partial charge in [0, 0.05) is 26.2 Å². The zero-order chi connectivity index (χ0) is 13.5. The Kier molecular flexibility index (Phi) is 5.12. The number of carbonyl (C=O) groups is 2. The van der Waals surface area contributed by atoms with Crippen molar-refractivity contribution in [2.24, 2.45) is 7.05 Å². The number of hydrogen-bond donors (Lipinski definition) is 4. The monoisotopic (exact) mass is 256 g/mol. The number of aromatic nitrogens is 2. The number of aliphatic hydroxyl groups excluding tert-OH is 1. The molecule has 0 saturated carbocycles. The number of aliphatic hydroxyl groups is 1. The molecule has 1 rings (SSSR count). The summed E-state index contributed by atoms with van der Waals surface area (Å²) in [5, 5.41) is 26.1. The molecule has 100 valence electrons. The second-order valence-electron chi connectivity index (χ2n) is 3.70. The molecule has 0 saturated heterocycles. The number of nitrogens with one attached hydrogen (secondary N) is 2. The summed E-state index contributed by atoms with van der Waals surface area (Å²) in [6.45, 7) is -0.316. The highest BCUT2D eigenvalue weighted by Crippen LogP contribution is 1.93. The molecule has 0 aromatic carbocycles. The number of nitrogens with zero attached hydrogens (tertiary/aromatic N) is 2. The number of urea groups is 1. The van der Waals surface area contributed by atoms with Crippen molar-refractivity contribution in [1.29, 1.82) is 0 Å². The van der Waals surface area contributed by atoms with Crippen LogP contribution in [0.4, 0.5) is 4.79 Å². The number of carboxylic acids is 1. The summed E-state index contributed by atoms with van der Waals surface area (Å²) >= 11 is 0. The lowest BCUT2D eigenvalue weighted by Crippen LogP contribution is -2.48. The SMILES string of the molecule is Cn1ccc(CCNC(=O)NC(CO)C(=O)O)n1. The average Bonchev–Trinajstić information content (AvgIpc) is 2.71. The van der Waals surface area contributed by atoms with E-state index in [0.29, 0.717) is 13.0 Å². The van der Waals surface area contributed by atoms with Crippen LogP contribution in [0.25, 0.3) is 0 Å². The first-order chi connectivity index (χ1) is 8.52. The topological polar surface area (TPSA) is 116 Å². The van der Waals surface area contributed by atoms with Crippen molar-refractivity contribution in [3.63, 3.8) is 0 Å². The number of aliphatic carboxylic acids is 1. The molecule has 0 bridgehead atoms. The molecule has 0 aliphatic carbocycles. The third-order valence-electron chi connectivity index (χ3n) is 2.22. The minimum Gasteiger partial charge on any atom is -0.480 e. The van der Waals surface area contributed by atoms with Gasteiger partial charge in [-0.25, -0.2) is 9.59 Å². The van der Waals surface area contributed by atoms with Gasteiger partial charge in [0.1, 0.15) is 0 Å². The van der Waals surface area contributed by atoms with Gasteiger partial charge in [0.05, 0.1) is 12.3 Å². The van der Waals surface area contributed by atoms with Crippen molar-refractivity contribution < 1.29 is 19.8 Å². The van der Waals surface area contributed by atoms with Crippen molar-refractivity contribution in [3.05, 3.63) is 18.0 Å². The molecular weight excluding hydrogens is 240 g/mol. The highest BCUT2D eigenvalue weighted by Gasteiger charge is 2.18. The fourth-order valence-electron chi connectivity index (χ4n) is 1.30. The van der Waals surface area contributed by atoms with Gasteiger partial charge in [-0.15, -0.1) is 0 Å². The maximum Gasteiger partial charge on any atom is 0.328 e. The highest BCUT2D eigenvalue weighted by molar-refractivity contribution is 5.82. The number of hydrogen-bond acceptors (Lipinski definition) is 4. The quantitative estimate of drug-likeness (QED) is 0.505. The third-order valence-corrected chi connectivity index (χ3v) is 2.22. The molecular formula is C10H16N4O4. The molecule has 2 amide bonds. The zero-order valence-corrected chi connectivity index (χ0v) is 9.96. The van der Waals surface area contributed by atoms with Crippen LogP contribution in [-0.2, 0) is 18.3 Å². The van der Waals surface area contributed by atoms with Gasteiger partial charge in [-0.3, -0.25) is 4.68 Å². The Balaban J connectivity index is 2.26. The molecule has 18 heavy (non-hydrogen) atoms. The molecule has 8 heteroatoms. The summed E-state index contributed by atoms with van der Waals surface area (Å²) in [6, 6.07) is -0.0971.